The van der Waals surface area contributed by atoms with Crippen molar-refractivity contribution in [2.75, 3.05) is 11.9 Å². The summed E-state index contributed by atoms with van der Waals surface area (Å²) in [5, 5.41) is 11.9. The molecule has 1 amide bonds. The van der Waals surface area contributed by atoms with Gasteiger partial charge in [0.05, 0.1) is 12.2 Å². The summed E-state index contributed by atoms with van der Waals surface area (Å²) in [6, 6.07) is 3.48. The first kappa shape index (κ1) is 19.4. The fourth-order valence-corrected chi connectivity index (χ4v) is 4.67. The summed E-state index contributed by atoms with van der Waals surface area (Å²) in [6.45, 7) is 2.75. The lowest BCUT2D eigenvalue weighted by Gasteiger charge is -2.12. The Morgan fingerprint density at radius 1 is 1.24 bits per heavy atom. The van der Waals surface area contributed by atoms with E-state index in [9.17, 15) is 9.59 Å². The zero-order valence-electron chi connectivity index (χ0n) is 16.3. The van der Waals surface area contributed by atoms with E-state index in [-0.39, 0.29) is 17.6 Å². The van der Waals surface area contributed by atoms with Gasteiger partial charge >= 0.3 is 5.97 Å². The molecule has 1 N–H and O–H groups in total. The minimum atomic E-state index is -0.356. The molecule has 0 aromatic carbocycles. The van der Waals surface area contributed by atoms with E-state index in [1.807, 2.05) is 19.2 Å². The van der Waals surface area contributed by atoms with Gasteiger partial charge < -0.3 is 10.1 Å². The second-order valence-electron chi connectivity index (χ2n) is 6.93. The van der Waals surface area contributed by atoms with Crippen LogP contribution in [0.2, 0.25) is 0 Å². The van der Waals surface area contributed by atoms with Gasteiger partial charge in [0, 0.05) is 23.5 Å². The summed E-state index contributed by atoms with van der Waals surface area (Å²) in [5.74, 6) is -0.696. The van der Waals surface area contributed by atoms with Crippen LogP contribution in [0.4, 0.5) is 5.00 Å². The number of aryl methyl sites for hydroxylation is 1. The first-order valence-corrected chi connectivity index (χ1v) is 10.6. The SMILES string of the molecule is CCCOC(=O)c1c(NC(=O)c2ccn(Cn3cccn3)n2)sc2c1CCCC2. The van der Waals surface area contributed by atoms with E-state index in [4.69, 9.17) is 4.74 Å². The number of aromatic nitrogens is 4. The van der Waals surface area contributed by atoms with Gasteiger partial charge in [0.2, 0.25) is 0 Å². The summed E-state index contributed by atoms with van der Waals surface area (Å²) in [6.07, 6.45) is 9.92. The van der Waals surface area contributed by atoms with E-state index < -0.39 is 0 Å². The van der Waals surface area contributed by atoms with Gasteiger partial charge in [-0.2, -0.15) is 10.2 Å². The summed E-state index contributed by atoms with van der Waals surface area (Å²) >= 11 is 1.48. The molecule has 8 nitrogen and oxygen atoms in total. The molecular weight excluding hydrogens is 390 g/mol. The van der Waals surface area contributed by atoms with Crippen LogP contribution in [0.15, 0.2) is 30.7 Å². The molecule has 152 valence electrons. The molecule has 0 saturated heterocycles. The first-order chi connectivity index (χ1) is 14.2. The number of nitrogens with one attached hydrogen (secondary N) is 1. The van der Waals surface area contributed by atoms with Gasteiger partial charge in [-0.1, -0.05) is 6.92 Å². The molecule has 0 unspecified atom stereocenters. The highest BCUT2D eigenvalue weighted by Crippen LogP contribution is 2.38. The number of fused-ring (bicyclic) bond motifs is 1. The molecule has 0 aliphatic heterocycles. The van der Waals surface area contributed by atoms with Gasteiger partial charge in [0.15, 0.2) is 5.69 Å². The molecule has 1 aliphatic rings. The molecule has 4 rings (SSSR count). The van der Waals surface area contributed by atoms with Gasteiger partial charge in [-0.3, -0.25) is 14.2 Å². The van der Waals surface area contributed by atoms with Crippen LogP contribution in [-0.4, -0.2) is 38.0 Å². The monoisotopic (exact) mass is 413 g/mol. The Labute approximate surface area is 172 Å². The fraction of sp³-hybridized carbons (Fsp3) is 0.400. The van der Waals surface area contributed by atoms with Crippen LogP contribution in [0.25, 0.3) is 0 Å². The third kappa shape index (κ3) is 4.24. The number of anilines is 1. The van der Waals surface area contributed by atoms with Crippen molar-refractivity contribution in [3.05, 3.63) is 52.4 Å². The van der Waals surface area contributed by atoms with Crippen LogP contribution in [0.3, 0.4) is 0 Å². The molecule has 0 spiro atoms. The Hall–Kier alpha value is -2.94. The molecule has 0 fully saturated rings. The van der Waals surface area contributed by atoms with E-state index in [1.54, 1.807) is 27.8 Å². The minimum Gasteiger partial charge on any atom is -0.462 e. The van der Waals surface area contributed by atoms with E-state index in [2.05, 4.69) is 15.5 Å². The molecular formula is C20H23N5O3S. The lowest BCUT2D eigenvalue weighted by Crippen LogP contribution is -2.17. The van der Waals surface area contributed by atoms with Crippen molar-refractivity contribution in [1.82, 2.24) is 19.6 Å². The van der Waals surface area contributed by atoms with Gasteiger partial charge in [-0.05, 0) is 49.8 Å². The average Bonchev–Trinajstić information content (AvgIpc) is 3.46. The van der Waals surface area contributed by atoms with Crippen molar-refractivity contribution in [3.63, 3.8) is 0 Å². The molecule has 0 bridgehead atoms. The number of carbonyl (C=O) groups excluding carboxylic acids is 2. The molecule has 9 heteroatoms. The maximum Gasteiger partial charge on any atom is 0.341 e. The Balaban J connectivity index is 1.54. The highest BCUT2D eigenvalue weighted by Gasteiger charge is 2.27. The van der Waals surface area contributed by atoms with Crippen molar-refractivity contribution in [1.29, 1.82) is 0 Å². The van der Waals surface area contributed by atoms with Crippen LogP contribution < -0.4 is 5.32 Å². The standard InChI is InChI=1S/C20H23N5O3S/c1-2-12-28-20(27)17-14-6-3-4-7-16(14)29-19(17)22-18(26)15-8-11-25(23-15)13-24-10-5-9-21-24/h5,8-11H,2-4,6-7,12-13H2,1H3,(H,22,26). The van der Waals surface area contributed by atoms with E-state index in [1.165, 1.54) is 16.2 Å². The first-order valence-electron chi connectivity index (χ1n) is 9.79. The van der Waals surface area contributed by atoms with Crippen molar-refractivity contribution >= 4 is 28.2 Å². The number of ether oxygens (including phenoxy) is 1. The number of hydrogen-bond acceptors (Lipinski definition) is 6. The maximum absolute atomic E-state index is 12.8. The highest BCUT2D eigenvalue weighted by atomic mass is 32.1. The van der Waals surface area contributed by atoms with Gasteiger partial charge in [0.25, 0.3) is 5.91 Å². The maximum atomic E-state index is 12.8. The van der Waals surface area contributed by atoms with Crippen molar-refractivity contribution in [2.24, 2.45) is 0 Å². The van der Waals surface area contributed by atoms with Crippen molar-refractivity contribution in [3.8, 4) is 0 Å². The van der Waals surface area contributed by atoms with Crippen molar-refractivity contribution < 1.29 is 14.3 Å². The molecule has 0 radical (unpaired) electrons. The number of esters is 1. The largest absolute Gasteiger partial charge is 0.462 e. The normalized spacial score (nSPS) is 13.1. The third-order valence-corrected chi connectivity index (χ3v) is 5.97. The molecule has 1 aliphatic carbocycles. The van der Waals surface area contributed by atoms with Crippen LogP contribution in [-0.2, 0) is 24.2 Å². The van der Waals surface area contributed by atoms with Crippen LogP contribution in [0, 0.1) is 0 Å². The lowest BCUT2D eigenvalue weighted by molar-refractivity contribution is 0.0505. The van der Waals surface area contributed by atoms with E-state index in [0.717, 1.165) is 37.7 Å². The number of carbonyl (C=O) groups is 2. The molecule has 29 heavy (non-hydrogen) atoms. The topological polar surface area (TPSA) is 91.0 Å². The number of nitrogens with zero attached hydrogens (tertiary/aromatic N) is 4. The summed E-state index contributed by atoms with van der Waals surface area (Å²) < 4.78 is 8.73. The average molecular weight is 414 g/mol. The zero-order chi connectivity index (χ0) is 20.2. The number of rotatable bonds is 7. The molecule has 3 heterocycles. The Kier molecular flexibility index (Phi) is 5.75. The number of hydrogen-bond donors (Lipinski definition) is 1. The van der Waals surface area contributed by atoms with Gasteiger partial charge in [-0.15, -0.1) is 11.3 Å². The van der Waals surface area contributed by atoms with Crippen LogP contribution in [0.5, 0.6) is 0 Å². The minimum absolute atomic E-state index is 0.288. The van der Waals surface area contributed by atoms with Crippen LogP contribution >= 0.6 is 11.3 Å². The number of amides is 1. The highest BCUT2D eigenvalue weighted by molar-refractivity contribution is 7.17. The van der Waals surface area contributed by atoms with E-state index in [0.29, 0.717) is 23.8 Å². The second-order valence-corrected chi connectivity index (χ2v) is 8.04. The number of thiophene rings is 1. The predicted molar refractivity (Wildman–Crippen MR) is 109 cm³/mol. The summed E-state index contributed by atoms with van der Waals surface area (Å²) in [5.41, 5.74) is 1.83. The fourth-order valence-electron chi connectivity index (χ4n) is 3.40. The predicted octanol–water partition coefficient (Wildman–Crippen LogP) is 3.34. The second kappa shape index (κ2) is 8.60. The Morgan fingerprint density at radius 3 is 2.90 bits per heavy atom. The molecule has 3 aromatic rings. The molecule has 0 atom stereocenters. The zero-order valence-corrected chi connectivity index (χ0v) is 17.1. The van der Waals surface area contributed by atoms with Gasteiger partial charge in [-0.25, -0.2) is 4.79 Å². The summed E-state index contributed by atoms with van der Waals surface area (Å²) in [4.78, 5) is 26.6. The van der Waals surface area contributed by atoms with Crippen molar-refractivity contribution in [2.45, 2.75) is 45.7 Å². The van der Waals surface area contributed by atoms with E-state index >= 15 is 0 Å². The third-order valence-electron chi connectivity index (χ3n) is 4.76. The smallest absolute Gasteiger partial charge is 0.341 e. The quantitative estimate of drug-likeness (QED) is 0.600. The Bertz CT molecular complexity index is 1010. The summed E-state index contributed by atoms with van der Waals surface area (Å²) in [7, 11) is 0. The van der Waals surface area contributed by atoms with Gasteiger partial charge in [0.1, 0.15) is 11.7 Å². The Morgan fingerprint density at radius 2 is 2.10 bits per heavy atom. The molecule has 0 saturated carbocycles. The van der Waals surface area contributed by atoms with Crippen LogP contribution in [0.1, 0.15) is 57.5 Å². The molecule has 3 aromatic heterocycles. The lowest BCUT2D eigenvalue weighted by atomic mass is 9.95.